The summed E-state index contributed by atoms with van der Waals surface area (Å²) in [6.07, 6.45) is 7.22. The third-order valence-electron chi connectivity index (χ3n) is 6.00. The van der Waals surface area contributed by atoms with Gasteiger partial charge in [-0.3, -0.25) is 9.69 Å². The molecule has 0 saturated carbocycles. The van der Waals surface area contributed by atoms with Gasteiger partial charge in [0, 0.05) is 30.1 Å². The van der Waals surface area contributed by atoms with Crippen LogP contribution in [0.1, 0.15) is 30.4 Å². The molecule has 158 valence electrons. The van der Waals surface area contributed by atoms with Crippen molar-refractivity contribution in [3.8, 4) is 11.3 Å². The fraction of sp³-hybridized carbons (Fsp3) is 0.280. The second-order valence-electron chi connectivity index (χ2n) is 8.18. The lowest BCUT2D eigenvalue weighted by molar-refractivity contribution is 0.222. The first-order chi connectivity index (χ1) is 15.2. The van der Waals surface area contributed by atoms with Crippen LogP contribution < -0.4 is 5.56 Å². The molecule has 0 aliphatic carbocycles. The number of benzene rings is 2. The highest BCUT2D eigenvalue weighted by Gasteiger charge is 2.21. The Hall–Kier alpha value is -3.25. The largest absolute Gasteiger partial charge is 0.308 e. The molecule has 0 bridgehead atoms. The molecule has 0 radical (unpaired) electrons. The van der Waals surface area contributed by atoms with Crippen molar-refractivity contribution >= 4 is 5.52 Å². The second kappa shape index (κ2) is 8.47. The summed E-state index contributed by atoms with van der Waals surface area (Å²) < 4.78 is 16.9. The highest BCUT2D eigenvalue weighted by atomic mass is 19.1. The molecule has 6 heteroatoms. The Morgan fingerprint density at radius 3 is 2.35 bits per heavy atom. The number of nitrogens with zero attached hydrogens (tertiary/aromatic N) is 4. The Morgan fingerprint density at radius 1 is 0.871 bits per heavy atom. The Bertz CT molecular complexity index is 1240. The van der Waals surface area contributed by atoms with Crippen LogP contribution >= 0.6 is 0 Å². The second-order valence-corrected chi connectivity index (χ2v) is 8.18. The van der Waals surface area contributed by atoms with Crippen LogP contribution in [-0.2, 0) is 13.1 Å². The van der Waals surface area contributed by atoms with Crippen molar-refractivity contribution in [2.24, 2.45) is 0 Å². The molecular formula is C25H25FN4O. The van der Waals surface area contributed by atoms with Gasteiger partial charge in [0.2, 0.25) is 0 Å². The maximum absolute atomic E-state index is 13.5. The molecule has 1 aliphatic rings. The topological polar surface area (TPSA) is 42.5 Å². The van der Waals surface area contributed by atoms with E-state index in [0.29, 0.717) is 18.6 Å². The molecule has 0 spiro atoms. The molecular weight excluding hydrogens is 391 g/mol. The first-order valence-corrected chi connectivity index (χ1v) is 10.8. The smallest absolute Gasteiger partial charge is 0.277 e. The van der Waals surface area contributed by atoms with E-state index in [2.05, 4.69) is 4.90 Å². The van der Waals surface area contributed by atoms with Crippen LogP contribution in [0.5, 0.6) is 0 Å². The maximum atomic E-state index is 13.5. The van der Waals surface area contributed by atoms with Crippen LogP contribution in [0.4, 0.5) is 4.39 Å². The van der Waals surface area contributed by atoms with Crippen LogP contribution in [0.15, 0.2) is 71.8 Å². The van der Waals surface area contributed by atoms with Crippen molar-refractivity contribution in [1.29, 1.82) is 0 Å². The van der Waals surface area contributed by atoms with Crippen molar-refractivity contribution in [2.45, 2.75) is 32.4 Å². The molecule has 0 atom stereocenters. The van der Waals surface area contributed by atoms with Gasteiger partial charge in [0.15, 0.2) is 0 Å². The van der Waals surface area contributed by atoms with E-state index in [9.17, 15) is 9.18 Å². The summed E-state index contributed by atoms with van der Waals surface area (Å²) in [6.45, 7) is 3.22. The van der Waals surface area contributed by atoms with E-state index < -0.39 is 0 Å². The average Bonchev–Trinajstić information content (AvgIpc) is 3.16. The number of hydrogen-bond donors (Lipinski definition) is 0. The highest BCUT2D eigenvalue weighted by Crippen LogP contribution is 2.27. The van der Waals surface area contributed by atoms with Gasteiger partial charge in [-0.05, 0) is 55.8 Å². The summed E-state index contributed by atoms with van der Waals surface area (Å²) in [5, 5.41) is 4.74. The molecule has 5 rings (SSSR count). The fourth-order valence-corrected chi connectivity index (χ4v) is 4.39. The van der Waals surface area contributed by atoms with Gasteiger partial charge < -0.3 is 4.57 Å². The highest BCUT2D eigenvalue weighted by molar-refractivity contribution is 5.72. The molecule has 0 N–H and O–H groups in total. The zero-order valence-corrected chi connectivity index (χ0v) is 17.4. The number of likely N-dealkylation sites (tertiary alicyclic amines) is 1. The lowest BCUT2D eigenvalue weighted by Gasteiger charge is -2.26. The molecule has 5 nitrogen and oxygen atoms in total. The lowest BCUT2D eigenvalue weighted by atomic mass is 10.0. The molecule has 4 aromatic rings. The third-order valence-corrected chi connectivity index (χ3v) is 6.00. The van der Waals surface area contributed by atoms with Gasteiger partial charge in [-0.2, -0.15) is 5.10 Å². The number of piperidine rings is 1. The number of aromatic nitrogens is 3. The monoisotopic (exact) mass is 416 g/mol. The van der Waals surface area contributed by atoms with Crippen LogP contribution in [0.25, 0.3) is 16.8 Å². The lowest BCUT2D eigenvalue weighted by Crippen LogP contribution is -2.30. The minimum absolute atomic E-state index is 0.0563. The van der Waals surface area contributed by atoms with Gasteiger partial charge in [0.25, 0.3) is 5.56 Å². The summed E-state index contributed by atoms with van der Waals surface area (Å²) in [6, 6.07) is 16.3. The molecule has 1 saturated heterocycles. The predicted octanol–water partition coefficient (Wildman–Crippen LogP) is 4.34. The van der Waals surface area contributed by atoms with Crippen molar-refractivity contribution in [3.05, 3.63) is 94.3 Å². The van der Waals surface area contributed by atoms with E-state index in [-0.39, 0.29) is 11.4 Å². The van der Waals surface area contributed by atoms with Crippen LogP contribution in [0, 0.1) is 5.82 Å². The zero-order valence-electron chi connectivity index (χ0n) is 17.4. The van der Waals surface area contributed by atoms with Gasteiger partial charge in [-0.25, -0.2) is 8.91 Å². The normalized spacial score (nSPS) is 14.9. The van der Waals surface area contributed by atoms with Crippen molar-refractivity contribution in [2.75, 3.05) is 13.1 Å². The van der Waals surface area contributed by atoms with Gasteiger partial charge in [-0.1, -0.05) is 36.8 Å². The predicted molar refractivity (Wildman–Crippen MR) is 120 cm³/mol. The summed E-state index contributed by atoms with van der Waals surface area (Å²) in [5.41, 5.74) is 4.11. The zero-order chi connectivity index (χ0) is 21.2. The van der Waals surface area contributed by atoms with E-state index in [1.807, 2.05) is 36.5 Å². The fourth-order valence-electron chi connectivity index (χ4n) is 4.39. The van der Waals surface area contributed by atoms with E-state index in [0.717, 1.165) is 35.5 Å². The van der Waals surface area contributed by atoms with Crippen molar-refractivity contribution < 1.29 is 4.39 Å². The summed E-state index contributed by atoms with van der Waals surface area (Å²) >= 11 is 0. The van der Waals surface area contributed by atoms with Gasteiger partial charge in [0.05, 0.1) is 12.2 Å². The Labute approximate surface area is 180 Å². The number of fused-ring (bicyclic) bond motifs is 1. The summed E-state index contributed by atoms with van der Waals surface area (Å²) in [5.74, 6) is -0.282. The van der Waals surface area contributed by atoms with Gasteiger partial charge in [0.1, 0.15) is 11.3 Å². The van der Waals surface area contributed by atoms with Gasteiger partial charge >= 0.3 is 0 Å². The van der Waals surface area contributed by atoms with Gasteiger partial charge in [-0.15, -0.1) is 0 Å². The van der Waals surface area contributed by atoms with Crippen LogP contribution in [0.2, 0.25) is 0 Å². The summed E-state index contributed by atoms with van der Waals surface area (Å²) in [7, 11) is 0. The standard InChI is InChI=1S/C25H25FN4O/c26-21-11-9-20(10-12-21)23-22(18-28-13-5-2-6-14-28)24-25(31)29(15-16-30(24)27-23)17-19-7-3-1-4-8-19/h1,3-4,7-12,15-16H,2,5-6,13-14,17-18H2. The van der Waals surface area contributed by atoms with Crippen molar-refractivity contribution in [3.63, 3.8) is 0 Å². The Balaban J connectivity index is 1.63. The van der Waals surface area contributed by atoms with Crippen LogP contribution in [-0.4, -0.2) is 32.2 Å². The Kier molecular flexibility index (Phi) is 5.38. The third kappa shape index (κ3) is 4.03. The Morgan fingerprint density at radius 2 is 1.61 bits per heavy atom. The number of hydrogen-bond acceptors (Lipinski definition) is 3. The van der Waals surface area contributed by atoms with E-state index in [4.69, 9.17) is 5.10 Å². The quantitative estimate of drug-likeness (QED) is 0.486. The molecule has 0 amide bonds. The first kappa shape index (κ1) is 19.7. The molecule has 1 aliphatic heterocycles. The number of rotatable bonds is 5. The minimum Gasteiger partial charge on any atom is -0.308 e. The molecule has 2 aromatic heterocycles. The van der Waals surface area contributed by atoms with E-state index in [1.165, 1.54) is 31.4 Å². The van der Waals surface area contributed by atoms with Crippen molar-refractivity contribution in [1.82, 2.24) is 19.1 Å². The van der Waals surface area contributed by atoms with Crippen LogP contribution in [0.3, 0.4) is 0 Å². The minimum atomic E-state index is -0.282. The maximum Gasteiger partial charge on any atom is 0.277 e. The SMILES string of the molecule is O=c1c2c(CN3CCCCC3)c(-c3ccc(F)cc3)nn2ccn1Cc1ccccc1. The molecule has 0 unspecified atom stereocenters. The molecule has 31 heavy (non-hydrogen) atoms. The summed E-state index contributed by atoms with van der Waals surface area (Å²) in [4.78, 5) is 15.9. The van der Waals surface area contributed by atoms with E-state index in [1.54, 1.807) is 27.4 Å². The van der Waals surface area contributed by atoms with E-state index >= 15 is 0 Å². The molecule has 2 aromatic carbocycles. The first-order valence-electron chi connectivity index (χ1n) is 10.8. The molecule has 1 fully saturated rings. The number of halogens is 1. The average molecular weight is 417 g/mol. The molecule has 3 heterocycles.